The maximum atomic E-state index is 4.51. The SMILES string of the molecule is Cc1csc([C@H](C)Nc2nc(C)nc3ncccc23)n1. The third-order valence-corrected chi connectivity index (χ3v) is 4.09. The molecule has 3 aromatic rings. The molecule has 6 heteroatoms. The molecule has 5 nitrogen and oxygen atoms in total. The first-order valence-corrected chi connectivity index (χ1v) is 7.29. The van der Waals surface area contributed by atoms with Crippen LogP contribution in [0.5, 0.6) is 0 Å². The molecule has 3 rings (SSSR count). The fourth-order valence-electron chi connectivity index (χ4n) is 2.02. The van der Waals surface area contributed by atoms with Crippen LogP contribution < -0.4 is 5.32 Å². The lowest BCUT2D eigenvalue weighted by Gasteiger charge is -2.14. The van der Waals surface area contributed by atoms with Gasteiger partial charge in [-0.1, -0.05) is 0 Å². The van der Waals surface area contributed by atoms with Gasteiger partial charge < -0.3 is 5.32 Å². The third kappa shape index (κ3) is 2.46. The second-order valence-electron chi connectivity index (χ2n) is 4.69. The third-order valence-electron chi connectivity index (χ3n) is 2.94. The van der Waals surface area contributed by atoms with Crippen LogP contribution in [0.3, 0.4) is 0 Å². The highest BCUT2D eigenvalue weighted by Gasteiger charge is 2.13. The first kappa shape index (κ1) is 12.9. The van der Waals surface area contributed by atoms with Gasteiger partial charge in [-0.2, -0.15) is 0 Å². The van der Waals surface area contributed by atoms with Gasteiger partial charge in [-0.3, -0.25) is 0 Å². The van der Waals surface area contributed by atoms with Gasteiger partial charge in [-0.05, 0) is 32.9 Å². The number of nitrogens with one attached hydrogen (secondary N) is 1. The summed E-state index contributed by atoms with van der Waals surface area (Å²) in [5.41, 5.74) is 1.76. The summed E-state index contributed by atoms with van der Waals surface area (Å²) in [4.78, 5) is 17.6. The molecule has 102 valence electrons. The molecule has 0 aromatic carbocycles. The van der Waals surface area contributed by atoms with Crippen molar-refractivity contribution < 1.29 is 0 Å². The van der Waals surface area contributed by atoms with Crippen molar-refractivity contribution in [3.63, 3.8) is 0 Å². The highest BCUT2D eigenvalue weighted by atomic mass is 32.1. The number of hydrogen-bond acceptors (Lipinski definition) is 6. The van der Waals surface area contributed by atoms with Crippen molar-refractivity contribution in [1.29, 1.82) is 0 Å². The average molecular weight is 285 g/mol. The zero-order valence-corrected chi connectivity index (χ0v) is 12.4. The van der Waals surface area contributed by atoms with Gasteiger partial charge in [-0.25, -0.2) is 19.9 Å². The molecule has 0 aliphatic carbocycles. The summed E-state index contributed by atoms with van der Waals surface area (Å²) in [7, 11) is 0. The zero-order valence-electron chi connectivity index (χ0n) is 11.6. The number of thiazole rings is 1. The Morgan fingerprint density at radius 3 is 2.80 bits per heavy atom. The van der Waals surface area contributed by atoms with Crippen LogP contribution in [0.1, 0.15) is 29.5 Å². The minimum atomic E-state index is 0.103. The van der Waals surface area contributed by atoms with Crippen LogP contribution in [0, 0.1) is 13.8 Å². The molecular weight excluding hydrogens is 270 g/mol. The summed E-state index contributed by atoms with van der Waals surface area (Å²) < 4.78 is 0. The van der Waals surface area contributed by atoms with Crippen molar-refractivity contribution in [1.82, 2.24) is 19.9 Å². The van der Waals surface area contributed by atoms with Gasteiger partial charge in [0.15, 0.2) is 5.65 Å². The Bertz CT molecular complexity index is 752. The average Bonchev–Trinajstić information content (AvgIpc) is 2.85. The van der Waals surface area contributed by atoms with E-state index in [1.54, 1.807) is 17.5 Å². The van der Waals surface area contributed by atoms with Crippen LogP contribution in [-0.2, 0) is 0 Å². The number of aryl methyl sites for hydroxylation is 2. The van der Waals surface area contributed by atoms with E-state index in [9.17, 15) is 0 Å². The number of hydrogen-bond donors (Lipinski definition) is 1. The minimum absolute atomic E-state index is 0.103. The van der Waals surface area contributed by atoms with Gasteiger partial charge >= 0.3 is 0 Å². The monoisotopic (exact) mass is 285 g/mol. The highest BCUT2D eigenvalue weighted by Crippen LogP contribution is 2.25. The van der Waals surface area contributed by atoms with Crippen molar-refractivity contribution in [2.75, 3.05) is 5.32 Å². The molecule has 0 bridgehead atoms. The van der Waals surface area contributed by atoms with Gasteiger partial charge in [0.2, 0.25) is 0 Å². The predicted molar refractivity (Wildman–Crippen MR) is 81.0 cm³/mol. The lowest BCUT2D eigenvalue weighted by molar-refractivity contribution is 0.853. The molecule has 0 unspecified atom stereocenters. The molecule has 20 heavy (non-hydrogen) atoms. The Morgan fingerprint density at radius 1 is 1.20 bits per heavy atom. The topological polar surface area (TPSA) is 63.6 Å². The molecule has 1 atom stereocenters. The standard InChI is InChI=1S/C14H15N5S/c1-8-7-20-14(16-8)9(2)17-13-11-5-4-6-15-12(11)18-10(3)19-13/h4-7,9H,1-3H3,(H,15,17,18,19)/t9-/m0/s1. The van der Waals surface area contributed by atoms with Gasteiger partial charge in [0.1, 0.15) is 16.6 Å². The van der Waals surface area contributed by atoms with E-state index < -0.39 is 0 Å². The Labute approximate surface area is 121 Å². The van der Waals surface area contributed by atoms with Crippen molar-refractivity contribution >= 4 is 28.2 Å². The van der Waals surface area contributed by atoms with Gasteiger partial charge in [0, 0.05) is 17.3 Å². The number of aromatic nitrogens is 4. The summed E-state index contributed by atoms with van der Waals surface area (Å²) in [6, 6.07) is 3.97. The number of pyridine rings is 1. The molecule has 0 saturated carbocycles. The van der Waals surface area contributed by atoms with Crippen molar-refractivity contribution in [3.8, 4) is 0 Å². The summed E-state index contributed by atoms with van der Waals surface area (Å²) >= 11 is 1.65. The summed E-state index contributed by atoms with van der Waals surface area (Å²) in [5, 5.41) is 7.45. The number of anilines is 1. The van der Waals surface area contributed by atoms with E-state index in [0.29, 0.717) is 11.5 Å². The van der Waals surface area contributed by atoms with Crippen LogP contribution >= 0.6 is 11.3 Å². The quantitative estimate of drug-likeness (QED) is 0.800. The van der Waals surface area contributed by atoms with Crippen LogP contribution in [0.15, 0.2) is 23.7 Å². The zero-order chi connectivity index (χ0) is 14.1. The Hall–Kier alpha value is -2.08. The molecule has 0 radical (unpaired) electrons. The van der Waals surface area contributed by atoms with Crippen molar-refractivity contribution in [3.05, 3.63) is 40.2 Å². The summed E-state index contributed by atoms with van der Waals surface area (Å²) in [6.45, 7) is 5.95. The van der Waals surface area contributed by atoms with E-state index in [-0.39, 0.29) is 6.04 Å². The fourth-order valence-corrected chi connectivity index (χ4v) is 2.82. The number of rotatable bonds is 3. The Morgan fingerprint density at radius 2 is 2.05 bits per heavy atom. The maximum absolute atomic E-state index is 4.51. The van der Waals surface area contributed by atoms with Crippen molar-refractivity contribution in [2.45, 2.75) is 26.8 Å². The number of nitrogens with zero attached hydrogens (tertiary/aromatic N) is 4. The normalized spacial score (nSPS) is 12.6. The molecule has 0 fully saturated rings. The molecule has 0 amide bonds. The molecule has 1 N–H and O–H groups in total. The van der Waals surface area contributed by atoms with Gasteiger partial charge in [-0.15, -0.1) is 11.3 Å². The van der Waals surface area contributed by atoms with E-state index in [0.717, 1.165) is 21.9 Å². The second kappa shape index (κ2) is 5.13. The van der Waals surface area contributed by atoms with Crippen LogP contribution in [0.25, 0.3) is 11.0 Å². The Kier molecular flexibility index (Phi) is 3.31. The molecular formula is C14H15N5S. The van der Waals surface area contributed by atoms with E-state index in [1.165, 1.54) is 0 Å². The maximum Gasteiger partial charge on any atom is 0.164 e. The molecule has 0 aliphatic heterocycles. The molecule has 0 spiro atoms. The van der Waals surface area contributed by atoms with Crippen LogP contribution in [0.2, 0.25) is 0 Å². The van der Waals surface area contributed by atoms with E-state index in [4.69, 9.17) is 0 Å². The Balaban J connectivity index is 1.98. The molecule has 0 aliphatic rings. The van der Waals surface area contributed by atoms with E-state index in [1.807, 2.05) is 26.0 Å². The van der Waals surface area contributed by atoms with Crippen LogP contribution in [-0.4, -0.2) is 19.9 Å². The predicted octanol–water partition coefficient (Wildman–Crippen LogP) is 3.27. The first-order chi connectivity index (χ1) is 9.63. The van der Waals surface area contributed by atoms with E-state index in [2.05, 4.69) is 37.6 Å². The number of fused-ring (bicyclic) bond motifs is 1. The second-order valence-corrected chi connectivity index (χ2v) is 5.58. The lowest BCUT2D eigenvalue weighted by Crippen LogP contribution is -2.09. The smallest absolute Gasteiger partial charge is 0.164 e. The largest absolute Gasteiger partial charge is 0.360 e. The molecule has 0 saturated heterocycles. The fraction of sp³-hybridized carbons (Fsp3) is 0.286. The minimum Gasteiger partial charge on any atom is -0.360 e. The summed E-state index contributed by atoms with van der Waals surface area (Å²) in [6.07, 6.45) is 1.74. The highest BCUT2D eigenvalue weighted by molar-refractivity contribution is 7.09. The first-order valence-electron chi connectivity index (χ1n) is 6.41. The molecule has 3 aromatic heterocycles. The summed E-state index contributed by atoms with van der Waals surface area (Å²) in [5.74, 6) is 1.52. The van der Waals surface area contributed by atoms with E-state index >= 15 is 0 Å². The van der Waals surface area contributed by atoms with Crippen LogP contribution in [0.4, 0.5) is 5.82 Å². The van der Waals surface area contributed by atoms with Crippen molar-refractivity contribution in [2.24, 2.45) is 0 Å². The lowest BCUT2D eigenvalue weighted by atomic mass is 10.2. The van der Waals surface area contributed by atoms with Gasteiger partial charge in [0.25, 0.3) is 0 Å². The van der Waals surface area contributed by atoms with Gasteiger partial charge in [0.05, 0.1) is 11.4 Å². The molecule has 3 heterocycles.